The predicted octanol–water partition coefficient (Wildman–Crippen LogP) is 5.50. The normalized spacial score (nSPS) is 12.5. The molecule has 2 atom stereocenters. The molecule has 0 bridgehead atoms. The van der Waals surface area contributed by atoms with Crippen molar-refractivity contribution in [1.29, 1.82) is 0 Å². The van der Waals surface area contributed by atoms with Crippen molar-refractivity contribution in [2.24, 2.45) is 0 Å². The molecule has 10 heteroatoms. The Balaban J connectivity index is 3.49. The highest BCUT2D eigenvalue weighted by molar-refractivity contribution is 7.98. The third-order valence-electron chi connectivity index (χ3n) is 6.29. The molecule has 0 aliphatic heterocycles. The van der Waals surface area contributed by atoms with Crippen LogP contribution in [0.1, 0.15) is 89.8 Å². The van der Waals surface area contributed by atoms with Crippen molar-refractivity contribution in [2.45, 2.75) is 90.3 Å². The number of hydrogen-bond acceptors (Lipinski definition) is 7. The quantitative estimate of drug-likeness (QED) is 0.171. The summed E-state index contributed by atoms with van der Waals surface area (Å²) in [5.74, 6) is -0.893. The molecule has 0 aromatic heterocycles. The molecule has 1 aromatic rings. The van der Waals surface area contributed by atoms with E-state index in [1.807, 2.05) is 12.3 Å². The summed E-state index contributed by atoms with van der Waals surface area (Å²) in [5, 5.41) is 5.37. The van der Waals surface area contributed by atoms with E-state index in [1.165, 1.54) is 12.0 Å². The number of ether oxygens (including phenoxy) is 2. The number of methoxy groups -OCH3 is 1. The Morgan fingerprint density at radius 2 is 1.78 bits per heavy atom. The van der Waals surface area contributed by atoms with E-state index >= 15 is 0 Å². The molecule has 0 fully saturated rings. The number of thioether (sulfide) groups is 1. The van der Waals surface area contributed by atoms with E-state index in [0.717, 1.165) is 37.7 Å². The number of hydrogen-bond donors (Lipinski definition) is 2. The highest BCUT2D eigenvalue weighted by atomic mass is 32.2. The molecular weight excluding hydrogens is 542 g/mol. The van der Waals surface area contributed by atoms with Crippen LogP contribution in [0, 0.1) is 0 Å². The Bertz CT molecular complexity index is 994. The number of rotatable bonds is 18. The standard InChI is InChI=1S/C31H49N3O6S/c1-8-10-11-12-13-14-19-34(29(37)25(18-20-41-7)33-30(38)40-31(3,4)5)27(28(36)32-22-26(35)39-6)24-17-15-16-23(9-2)21-24/h9,15-17,21,25,27H,2,8,10-14,18-20,22H2,1,3-7H3,(H,32,36)(H,33,38). The molecule has 1 aromatic carbocycles. The molecule has 1 rings (SSSR count). The van der Waals surface area contributed by atoms with E-state index in [9.17, 15) is 19.2 Å². The van der Waals surface area contributed by atoms with Crippen molar-refractivity contribution < 1.29 is 28.7 Å². The summed E-state index contributed by atoms with van der Waals surface area (Å²) < 4.78 is 10.1. The Labute approximate surface area is 250 Å². The minimum Gasteiger partial charge on any atom is -0.468 e. The first-order valence-electron chi connectivity index (χ1n) is 14.3. The maximum atomic E-state index is 14.2. The van der Waals surface area contributed by atoms with Crippen LogP contribution in [0.25, 0.3) is 6.08 Å². The minimum atomic E-state index is -1.04. The number of amides is 3. The van der Waals surface area contributed by atoms with E-state index in [4.69, 9.17) is 9.47 Å². The topological polar surface area (TPSA) is 114 Å². The Kier molecular flexibility index (Phi) is 16.8. The average molecular weight is 592 g/mol. The lowest BCUT2D eigenvalue weighted by molar-refractivity contribution is -0.144. The van der Waals surface area contributed by atoms with Gasteiger partial charge in [0.05, 0.1) is 7.11 Å². The first kappa shape index (κ1) is 36.0. The highest BCUT2D eigenvalue weighted by Crippen LogP contribution is 2.26. The van der Waals surface area contributed by atoms with Crippen molar-refractivity contribution in [3.05, 3.63) is 42.0 Å². The zero-order valence-electron chi connectivity index (χ0n) is 25.6. The zero-order valence-corrected chi connectivity index (χ0v) is 26.4. The zero-order chi connectivity index (χ0) is 30.8. The van der Waals surface area contributed by atoms with Gasteiger partial charge in [0.1, 0.15) is 24.2 Å². The fourth-order valence-corrected chi connectivity index (χ4v) is 4.70. The lowest BCUT2D eigenvalue weighted by Crippen LogP contribution is -2.53. The number of carbonyl (C=O) groups excluding carboxylic acids is 4. The van der Waals surface area contributed by atoms with Crippen LogP contribution in [-0.2, 0) is 23.9 Å². The molecule has 3 amide bonds. The van der Waals surface area contributed by atoms with Gasteiger partial charge in [0.25, 0.3) is 0 Å². The van der Waals surface area contributed by atoms with Crippen LogP contribution in [0.15, 0.2) is 30.8 Å². The van der Waals surface area contributed by atoms with Crippen LogP contribution in [0.3, 0.4) is 0 Å². The van der Waals surface area contributed by atoms with Gasteiger partial charge in [-0.3, -0.25) is 14.4 Å². The first-order valence-corrected chi connectivity index (χ1v) is 15.7. The Morgan fingerprint density at radius 1 is 1.10 bits per heavy atom. The molecule has 0 saturated carbocycles. The van der Waals surface area contributed by atoms with Crippen molar-refractivity contribution in [3.63, 3.8) is 0 Å². The van der Waals surface area contributed by atoms with E-state index < -0.39 is 35.7 Å². The SMILES string of the molecule is C=Cc1cccc(C(C(=O)NCC(=O)OC)N(CCCCCCCC)C(=O)C(CCSC)NC(=O)OC(C)(C)C)c1. The van der Waals surface area contributed by atoms with Crippen LogP contribution in [0.2, 0.25) is 0 Å². The van der Waals surface area contributed by atoms with Gasteiger partial charge < -0.3 is 25.0 Å². The monoisotopic (exact) mass is 591 g/mol. The summed E-state index contributed by atoms with van der Waals surface area (Å²) >= 11 is 1.55. The third-order valence-corrected chi connectivity index (χ3v) is 6.94. The van der Waals surface area contributed by atoms with Gasteiger partial charge in [-0.15, -0.1) is 0 Å². The molecule has 2 N–H and O–H groups in total. The molecule has 0 saturated heterocycles. The van der Waals surface area contributed by atoms with Gasteiger partial charge in [-0.1, -0.05) is 69.9 Å². The van der Waals surface area contributed by atoms with Gasteiger partial charge in [0.2, 0.25) is 11.8 Å². The maximum Gasteiger partial charge on any atom is 0.408 e. The number of carbonyl (C=O) groups is 4. The maximum absolute atomic E-state index is 14.2. The van der Waals surface area contributed by atoms with E-state index in [2.05, 4.69) is 24.1 Å². The van der Waals surface area contributed by atoms with Crippen molar-refractivity contribution in [2.75, 3.05) is 32.2 Å². The smallest absolute Gasteiger partial charge is 0.408 e. The number of nitrogens with zero attached hydrogens (tertiary/aromatic N) is 1. The fourth-order valence-electron chi connectivity index (χ4n) is 4.23. The lowest BCUT2D eigenvalue weighted by Gasteiger charge is -2.34. The van der Waals surface area contributed by atoms with Crippen molar-refractivity contribution >= 4 is 41.7 Å². The summed E-state index contributed by atoms with van der Waals surface area (Å²) in [7, 11) is 1.24. The predicted molar refractivity (Wildman–Crippen MR) is 166 cm³/mol. The van der Waals surface area contributed by atoms with Gasteiger partial charge in [-0.2, -0.15) is 11.8 Å². The van der Waals surface area contributed by atoms with Gasteiger partial charge in [0, 0.05) is 6.54 Å². The summed E-state index contributed by atoms with van der Waals surface area (Å²) in [4.78, 5) is 54.0. The number of alkyl carbamates (subject to hydrolysis) is 1. The third kappa shape index (κ3) is 13.9. The van der Waals surface area contributed by atoms with Gasteiger partial charge in [0.15, 0.2) is 0 Å². The molecule has 0 aliphatic rings. The Hall–Kier alpha value is -3.01. The van der Waals surface area contributed by atoms with E-state index in [1.54, 1.807) is 56.8 Å². The second-order valence-electron chi connectivity index (χ2n) is 10.9. The van der Waals surface area contributed by atoms with Crippen LogP contribution in [-0.4, -0.2) is 72.6 Å². The number of benzene rings is 1. The molecule has 9 nitrogen and oxygen atoms in total. The van der Waals surface area contributed by atoms with Crippen LogP contribution in [0.4, 0.5) is 4.79 Å². The van der Waals surface area contributed by atoms with Gasteiger partial charge >= 0.3 is 12.1 Å². The molecule has 230 valence electrons. The van der Waals surface area contributed by atoms with Crippen molar-refractivity contribution in [1.82, 2.24) is 15.5 Å². The second-order valence-corrected chi connectivity index (χ2v) is 11.8. The lowest BCUT2D eigenvalue weighted by atomic mass is 9.99. The van der Waals surface area contributed by atoms with Crippen LogP contribution < -0.4 is 10.6 Å². The number of unbranched alkanes of at least 4 members (excludes halogenated alkanes) is 5. The second kappa shape index (κ2) is 19.2. The van der Waals surface area contributed by atoms with E-state index in [-0.39, 0.29) is 12.5 Å². The fraction of sp³-hybridized carbons (Fsp3) is 0.613. The van der Waals surface area contributed by atoms with E-state index in [0.29, 0.717) is 30.7 Å². The van der Waals surface area contributed by atoms with Crippen molar-refractivity contribution in [3.8, 4) is 0 Å². The van der Waals surface area contributed by atoms with Gasteiger partial charge in [-0.05, 0) is 62.8 Å². The molecule has 0 radical (unpaired) electrons. The summed E-state index contributed by atoms with van der Waals surface area (Å²) in [6.45, 7) is 11.2. The largest absolute Gasteiger partial charge is 0.468 e. The molecule has 41 heavy (non-hydrogen) atoms. The molecule has 0 aliphatic carbocycles. The highest BCUT2D eigenvalue weighted by Gasteiger charge is 2.36. The summed E-state index contributed by atoms with van der Waals surface area (Å²) in [6.07, 6.45) is 9.21. The molecule has 0 heterocycles. The summed E-state index contributed by atoms with van der Waals surface area (Å²) in [5.41, 5.74) is 0.618. The first-order chi connectivity index (χ1) is 19.5. The summed E-state index contributed by atoms with van der Waals surface area (Å²) in [6, 6.07) is 5.27. The number of nitrogens with one attached hydrogen (secondary N) is 2. The minimum absolute atomic E-state index is 0.297. The average Bonchev–Trinajstić information content (AvgIpc) is 2.93. The molecule has 2 unspecified atom stereocenters. The van der Waals surface area contributed by atoms with Crippen LogP contribution in [0.5, 0.6) is 0 Å². The van der Waals surface area contributed by atoms with Crippen LogP contribution >= 0.6 is 11.8 Å². The van der Waals surface area contributed by atoms with Gasteiger partial charge in [-0.25, -0.2) is 4.79 Å². The molecular formula is C31H49N3O6S. The number of esters is 1. The Morgan fingerprint density at radius 3 is 2.39 bits per heavy atom. The molecule has 0 spiro atoms.